The van der Waals surface area contributed by atoms with Crippen molar-refractivity contribution in [1.29, 1.82) is 0 Å². The zero-order valence-electron chi connectivity index (χ0n) is 18.5. The number of carbonyl (C=O) groups is 2. The number of nitrogens with zero attached hydrogens (tertiary/aromatic N) is 4. The van der Waals surface area contributed by atoms with E-state index in [-0.39, 0.29) is 18.5 Å². The molecule has 4 rings (SSSR count). The van der Waals surface area contributed by atoms with Gasteiger partial charge >= 0.3 is 6.03 Å². The molecule has 0 bridgehead atoms. The van der Waals surface area contributed by atoms with Crippen LogP contribution < -0.4 is 0 Å². The number of carbonyl (C=O) groups excluding carboxylic acids is 2. The van der Waals surface area contributed by atoms with E-state index in [2.05, 4.69) is 22.0 Å². The second-order valence-corrected chi connectivity index (χ2v) is 8.98. The maximum absolute atomic E-state index is 13.6. The van der Waals surface area contributed by atoms with Crippen molar-refractivity contribution in [3.63, 3.8) is 0 Å². The molecule has 3 aliphatic rings. The van der Waals surface area contributed by atoms with Crippen LogP contribution in [0.2, 0.25) is 0 Å². The van der Waals surface area contributed by atoms with E-state index < -0.39 is 5.54 Å². The van der Waals surface area contributed by atoms with E-state index in [0.29, 0.717) is 31.9 Å². The average Bonchev–Trinajstić information content (AvgIpc) is 2.99. The van der Waals surface area contributed by atoms with E-state index in [1.807, 2.05) is 23.1 Å². The fourth-order valence-corrected chi connectivity index (χ4v) is 5.23. The number of ether oxygens (including phenoxy) is 1. The number of urea groups is 1. The first-order valence-corrected chi connectivity index (χ1v) is 11.5. The highest BCUT2D eigenvalue weighted by atomic mass is 16.5. The first kappa shape index (κ1) is 22.0. The number of amides is 3. The van der Waals surface area contributed by atoms with Crippen molar-refractivity contribution in [2.24, 2.45) is 5.92 Å². The molecule has 0 unspecified atom stereocenters. The van der Waals surface area contributed by atoms with Gasteiger partial charge in [0.05, 0.1) is 12.2 Å². The molecule has 0 saturated carbocycles. The zero-order chi connectivity index (χ0) is 21.7. The number of imide groups is 1. The van der Waals surface area contributed by atoms with Crippen LogP contribution in [0, 0.1) is 5.92 Å². The summed E-state index contributed by atoms with van der Waals surface area (Å²) in [6, 6.07) is 5.41. The molecule has 2 saturated heterocycles. The molecule has 3 amide bonds. The van der Waals surface area contributed by atoms with Crippen molar-refractivity contribution in [3.8, 4) is 0 Å². The Morgan fingerprint density at radius 2 is 2.03 bits per heavy atom. The topological polar surface area (TPSA) is 66.0 Å². The van der Waals surface area contributed by atoms with Crippen LogP contribution in [0.15, 0.2) is 36.5 Å². The molecular weight excluding hydrogens is 392 g/mol. The van der Waals surface area contributed by atoms with Gasteiger partial charge in [0.2, 0.25) is 0 Å². The van der Waals surface area contributed by atoms with Crippen LogP contribution in [0.4, 0.5) is 4.79 Å². The van der Waals surface area contributed by atoms with E-state index in [0.717, 1.165) is 38.2 Å². The van der Waals surface area contributed by atoms with Crippen molar-refractivity contribution in [1.82, 2.24) is 19.7 Å². The van der Waals surface area contributed by atoms with Gasteiger partial charge in [0, 0.05) is 46.1 Å². The van der Waals surface area contributed by atoms with Crippen molar-refractivity contribution in [2.45, 2.75) is 50.6 Å². The Morgan fingerprint density at radius 3 is 2.71 bits per heavy atom. The first-order chi connectivity index (χ1) is 15.1. The summed E-state index contributed by atoms with van der Waals surface area (Å²) in [5.41, 5.74) is 0.0173. The Hall–Kier alpha value is -2.25. The quantitative estimate of drug-likeness (QED) is 0.363. The molecule has 0 radical (unpaired) electrons. The highest BCUT2D eigenvalue weighted by Gasteiger charge is 2.57. The molecular formula is C24H34N4O3. The molecule has 2 fully saturated rings. The van der Waals surface area contributed by atoms with Crippen LogP contribution in [0.25, 0.3) is 0 Å². The fraction of sp³-hybridized carbons (Fsp3) is 0.625. The number of hydrogen-bond acceptors (Lipinski definition) is 5. The number of hydrogen-bond donors (Lipinski definition) is 0. The third kappa shape index (κ3) is 4.67. The second kappa shape index (κ2) is 9.92. The number of pyridine rings is 1. The molecule has 0 N–H and O–H groups in total. The lowest BCUT2D eigenvalue weighted by molar-refractivity contribution is -0.136. The van der Waals surface area contributed by atoms with Gasteiger partial charge < -0.3 is 14.5 Å². The summed E-state index contributed by atoms with van der Waals surface area (Å²) in [5, 5.41) is 0. The van der Waals surface area contributed by atoms with Crippen molar-refractivity contribution in [2.75, 3.05) is 39.9 Å². The summed E-state index contributed by atoms with van der Waals surface area (Å²) < 4.78 is 5.20. The lowest BCUT2D eigenvalue weighted by Gasteiger charge is -2.43. The lowest BCUT2D eigenvalue weighted by Crippen LogP contribution is -2.57. The average molecular weight is 427 g/mol. The van der Waals surface area contributed by atoms with Crippen LogP contribution in [-0.4, -0.2) is 77.1 Å². The van der Waals surface area contributed by atoms with Gasteiger partial charge in [0.25, 0.3) is 5.91 Å². The van der Waals surface area contributed by atoms with Gasteiger partial charge in [-0.05, 0) is 56.6 Å². The molecule has 3 heterocycles. The Balaban J connectivity index is 1.47. The normalized spacial score (nSPS) is 23.8. The zero-order valence-corrected chi connectivity index (χ0v) is 18.5. The van der Waals surface area contributed by atoms with Gasteiger partial charge in [-0.3, -0.25) is 14.7 Å². The molecule has 1 spiro atoms. The minimum atomic E-state index is -0.720. The third-order valence-electron chi connectivity index (χ3n) is 6.98. The molecule has 7 heteroatoms. The number of aromatic nitrogens is 1. The van der Waals surface area contributed by atoms with Crippen molar-refractivity contribution < 1.29 is 14.3 Å². The van der Waals surface area contributed by atoms with E-state index in [1.54, 1.807) is 13.3 Å². The standard InChI is InChI=1S/C24H34N4O3/c1-31-17-7-14-28-23(30)27(19-21-10-5-6-13-25-21)22(29)24(28)11-15-26(16-12-24)18-20-8-3-2-4-9-20/h2-3,5-6,10,13,20H,4,7-9,11-12,14-19H2,1H3/t20-/m0/s1. The predicted octanol–water partition coefficient (Wildman–Crippen LogP) is 3.07. The van der Waals surface area contributed by atoms with Gasteiger partial charge in [-0.2, -0.15) is 0 Å². The van der Waals surface area contributed by atoms with Crippen LogP contribution in [-0.2, 0) is 16.1 Å². The third-order valence-corrected chi connectivity index (χ3v) is 6.98. The minimum Gasteiger partial charge on any atom is -0.385 e. The van der Waals surface area contributed by atoms with Crippen molar-refractivity contribution in [3.05, 3.63) is 42.2 Å². The lowest BCUT2D eigenvalue weighted by atomic mass is 9.84. The van der Waals surface area contributed by atoms with Gasteiger partial charge in [-0.1, -0.05) is 18.2 Å². The van der Waals surface area contributed by atoms with Gasteiger partial charge in [0.1, 0.15) is 5.54 Å². The Kier molecular flexibility index (Phi) is 7.02. The Bertz CT molecular complexity index is 789. The summed E-state index contributed by atoms with van der Waals surface area (Å²) in [6.07, 6.45) is 12.0. The maximum Gasteiger partial charge on any atom is 0.328 e. The van der Waals surface area contributed by atoms with E-state index >= 15 is 0 Å². The Labute approximate surface area is 185 Å². The largest absolute Gasteiger partial charge is 0.385 e. The number of piperidine rings is 1. The second-order valence-electron chi connectivity index (χ2n) is 8.98. The number of methoxy groups -OCH3 is 1. The minimum absolute atomic E-state index is 0.0548. The summed E-state index contributed by atoms with van der Waals surface area (Å²) in [7, 11) is 1.67. The molecule has 168 valence electrons. The van der Waals surface area contributed by atoms with Crippen molar-refractivity contribution >= 4 is 11.9 Å². The van der Waals surface area contributed by atoms with E-state index in [4.69, 9.17) is 4.74 Å². The fourth-order valence-electron chi connectivity index (χ4n) is 5.23. The maximum atomic E-state index is 13.6. The number of likely N-dealkylation sites (tertiary alicyclic amines) is 1. The SMILES string of the molecule is COCCCN1C(=O)N(Cc2ccccn2)C(=O)C12CCN(C[C@H]1CC=CCC1)CC2. The molecule has 2 aliphatic heterocycles. The smallest absolute Gasteiger partial charge is 0.328 e. The number of allylic oxidation sites excluding steroid dienone is 2. The monoisotopic (exact) mass is 426 g/mol. The molecule has 31 heavy (non-hydrogen) atoms. The van der Waals surface area contributed by atoms with Crippen LogP contribution in [0.3, 0.4) is 0 Å². The summed E-state index contributed by atoms with van der Waals surface area (Å²) >= 11 is 0. The van der Waals surface area contributed by atoms with Gasteiger partial charge in [-0.25, -0.2) is 4.79 Å². The summed E-state index contributed by atoms with van der Waals surface area (Å²) in [6.45, 7) is 4.16. The molecule has 7 nitrogen and oxygen atoms in total. The van der Waals surface area contributed by atoms with Crippen LogP contribution in [0.1, 0.15) is 44.2 Å². The Morgan fingerprint density at radius 1 is 1.19 bits per heavy atom. The molecule has 1 aliphatic carbocycles. The summed E-state index contributed by atoms with van der Waals surface area (Å²) in [5.74, 6) is 0.652. The van der Waals surface area contributed by atoms with Crippen LogP contribution >= 0.6 is 0 Å². The van der Waals surface area contributed by atoms with Crippen LogP contribution in [0.5, 0.6) is 0 Å². The predicted molar refractivity (Wildman–Crippen MR) is 118 cm³/mol. The van der Waals surface area contributed by atoms with E-state index in [9.17, 15) is 9.59 Å². The molecule has 1 aromatic heterocycles. The molecule has 0 aromatic carbocycles. The highest BCUT2D eigenvalue weighted by molar-refractivity contribution is 6.07. The van der Waals surface area contributed by atoms with Gasteiger partial charge in [0.15, 0.2) is 0 Å². The van der Waals surface area contributed by atoms with Gasteiger partial charge in [-0.15, -0.1) is 0 Å². The van der Waals surface area contributed by atoms with E-state index in [1.165, 1.54) is 17.7 Å². The first-order valence-electron chi connectivity index (χ1n) is 11.5. The molecule has 1 aromatic rings. The molecule has 1 atom stereocenters. The summed E-state index contributed by atoms with van der Waals surface area (Å²) in [4.78, 5) is 37.0. The number of rotatable bonds is 8. The highest BCUT2D eigenvalue weighted by Crippen LogP contribution is 2.38.